The molecule has 1 aromatic heterocycles. The third kappa shape index (κ3) is 5.56. The lowest BCUT2D eigenvalue weighted by molar-refractivity contribution is -0.124. The van der Waals surface area contributed by atoms with Gasteiger partial charge in [-0.1, -0.05) is 6.07 Å². The highest BCUT2D eigenvalue weighted by atomic mass is 16.5. The number of ether oxygens (including phenoxy) is 1. The van der Waals surface area contributed by atoms with Crippen molar-refractivity contribution in [3.8, 4) is 17.0 Å². The number of primary amides is 1. The number of amides is 2. The first-order valence-corrected chi connectivity index (χ1v) is 9.83. The molecule has 2 amide bonds. The van der Waals surface area contributed by atoms with E-state index in [9.17, 15) is 9.59 Å². The van der Waals surface area contributed by atoms with E-state index in [2.05, 4.69) is 5.32 Å². The average molecular weight is 405 g/mol. The van der Waals surface area contributed by atoms with Crippen molar-refractivity contribution in [3.05, 3.63) is 59.7 Å². The highest BCUT2D eigenvalue weighted by Crippen LogP contribution is 2.26. The Labute approximate surface area is 176 Å². The normalized spacial score (nSPS) is 11.3. The number of carbonyl (C=O) groups excluding carboxylic acids is 2. The first kappa shape index (κ1) is 21.3. The molecule has 3 rings (SSSR count). The maximum Gasteiger partial charge on any atom is 0.258 e. The Morgan fingerprint density at radius 2 is 1.77 bits per heavy atom. The summed E-state index contributed by atoms with van der Waals surface area (Å²) in [6.07, 6.45) is 0.215. The molecule has 0 aliphatic carbocycles. The molecule has 0 saturated heterocycles. The fraction of sp³-hybridized carbons (Fsp3) is 0.292. The van der Waals surface area contributed by atoms with Crippen LogP contribution in [0.2, 0.25) is 0 Å². The molecule has 3 aromatic rings. The minimum atomic E-state index is -0.352. The van der Waals surface area contributed by atoms with Crippen LogP contribution in [0, 0.1) is 6.92 Å². The molecule has 1 heterocycles. The van der Waals surface area contributed by atoms with E-state index in [1.54, 1.807) is 0 Å². The molecule has 0 saturated carbocycles. The molecule has 0 aliphatic rings. The van der Waals surface area contributed by atoms with Crippen molar-refractivity contribution < 1.29 is 14.3 Å². The van der Waals surface area contributed by atoms with Gasteiger partial charge in [0.15, 0.2) is 6.61 Å². The summed E-state index contributed by atoms with van der Waals surface area (Å²) < 4.78 is 5.57. The molecule has 30 heavy (non-hydrogen) atoms. The van der Waals surface area contributed by atoms with Gasteiger partial charge in [0.25, 0.3) is 5.91 Å². The van der Waals surface area contributed by atoms with Crippen LogP contribution in [0.4, 0.5) is 0 Å². The maximum atomic E-state index is 11.9. The number of aryl methyl sites for hydroxylation is 1. The quantitative estimate of drug-likeness (QED) is 0.656. The van der Waals surface area contributed by atoms with Crippen LogP contribution in [0.25, 0.3) is 22.2 Å². The Morgan fingerprint density at radius 1 is 1.07 bits per heavy atom. The molecular weight excluding hydrogens is 378 g/mol. The zero-order valence-electron chi connectivity index (χ0n) is 17.8. The Hall–Kier alpha value is -3.41. The lowest BCUT2D eigenvalue weighted by atomic mass is 10.0. The SMILES string of the molecule is Cc1cc(-c2ccc(OCC(=O)NC(C)(C)C)cc2)nc2ccc(CC(N)=O)cc12. The topological polar surface area (TPSA) is 94.3 Å². The van der Waals surface area contributed by atoms with Crippen LogP contribution < -0.4 is 15.8 Å². The molecule has 6 nitrogen and oxygen atoms in total. The highest BCUT2D eigenvalue weighted by molar-refractivity contribution is 5.87. The smallest absolute Gasteiger partial charge is 0.258 e. The van der Waals surface area contributed by atoms with Gasteiger partial charge < -0.3 is 15.8 Å². The van der Waals surface area contributed by atoms with Crippen molar-refractivity contribution in [2.75, 3.05) is 6.61 Å². The second-order valence-corrected chi connectivity index (χ2v) is 8.43. The van der Waals surface area contributed by atoms with Crippen molar-refractivity contribution in [3.63, 3.8) is 0 Å². The number of fused-ring (bicyclic) bond motifs is 1. The van der Waals surface area contributed by atoms with Gasteiger partial charge in [-0.3, -0.25) is 9.59 Å². The zero-order valence-corrected chi connectivity index (χ0v) is 17.8. The van der Waals surface area contributed by atoms with Gasteiger partial charge in [0.2, 0.25) is 5.91 Å². The summed E-state index contributed by atoms with van der Waals surface area (Å²) in [5, 5.41) is 3.87. The number of pyridine rings is 1. The number of hydrogen-bond donors (Lipinski definition) is 2. The molecule has 0 aliphatic heterocycles. The van der Waals surface area contributed by atoms with Crippen LogP contribution in [-0.4, -0.2) is 28.9 Å². The summed E-state index contributed by atoms with van der Waals surface area (Å²) in [6, 6.07) is 15.3. The minimum Gasteiger partial charge on any atom is -0.484 e. The van der Waals surface area contributed by atoms with Crippen molar-refractivity contribution in [1.29, 1.82) is 0 Å². The molecule has 156 valence electrons. The Balaban J connectivity index is 1.75. The first-order valence-electron chi connectivity index (χ1n) is 9.83. The van der Waals surface area contributed by atoms with Crippen LogP contribution in [0.15, 0.2) is 48.5 Å². The third-order valence-corrected chi connectivity index (χ3v) is 4.49. The van der Waals surface area contributed by atoms with Crippen molar-refractivity contribution in [2.45, 2.75) is 39.7 Å². The van der Waals surface area contributed by atoms with Crippen LogP contribution in [0.1, 0.15) is 31.9 Å². The lowest BCUT2D eigenvalue weighted by Gasteiger charge is -2.20. The summed E-state index contributed by atoms with van der Waals surface area (Å²) in [4.78, 5) is 27.8. The first-order chi connectivity index (χ1) is 14.1. The summed E-state index contributed by atoms with van der Waals surface area (Å²) >= 11 is 0. The molecule has 6 heteroatoms. The number of rotatable bonds is 6. The van der Waals surface area contributed by atoms with E-state index in [0.29, 0.717) is 5.75 Å². The monoisotopic (exact) mass is 405 g/mol. The predicted octanol–water partition coefficient (Wildman–Crippen LogP) is 3.53. The fourth-order valence-corrected chi connectivity index (χ4v) is 3.23. The van der Waals surface area contributed by atoms with Gasteiger partial charge in [0, 0.05) is 16.5 Å². The largest absolute Gasteiger partial charge is 0.484 e. The molecule has 3 N–H and O–H groups in total. The van der Waals surface area contributed by atoms with E-state index in [4.69, 9.17) is 15.5 Å². The standard InChI is InChI=1S/C24H27N3O3/c1-15-11-21(26-20-10-5-16(12-19(15)20)13-22(25)28)17-6-8-18(9-7-17)30-14-23(29)27-24(2,3)4/h5-12H,13-14H2,1-4H3,(H2,25,28)(H,27,29). The van der Waals surface area contributed by atoms with E-state index < -0.39 is 0 Å². The summed E-state index contributed by atoms with van der Waals surface area (Å²) in [7, 11) is 0. The molecule has 2 aromatic carbocycles. The van der Waals surface area contributed by atoms with Gasteiger partial charge in [0.05, 0.1) is 17.6 Å². The molecule has 0 unspecified atom stereocenters. The van der Waals surface area contributed by atoms with Gasteiger partial charge in [0.1, 0.15) is 5.75 Å². The van der Waals surface area contributed by atoms with Crippen LogP contribution >= 0.6 is 0 Å². The van der Waals surface area contributed by atoms with Gasteiger partial charge in [-0.2, -0.15) is 0 Å². The fourth-order valence-electron chi connectivity index (χ4n) is 3.23. The van der Waals surface area contributed by atoms with Crippen molar-refractivity contribution in [1.82, 2.24) is 10.3 Å². The Kier molecular flexibility index (Phi) is 6.06. The summed E-state index contributed by atoms with van der Waals surface area (Å²) in [6.45, 7) is 7.77. The van der Waals surface area contributed by atoms with Gasteiger partial charge in [-0.15, -0.1) is 0 Å². The van der Waals surface area contributed by atoms with Crippen LogP contribution in [0.3, 0.4) is 0 Å². The number of nitrogens with zero attached hydrogens (tertiary/aromatic N) is 1. The number of carbonyl (C=O) groups is 2. The van der Waals surface area contributed by atoms with E-state index in [-0.39, 0.29) is 30.4 Å². The van der Waals surface area contributed by atoms with Gasteiger partial charge in [-0.05, 0) is 81.3 Å². The molecule has 0 spiro atoms. The number of nitrogens with one attached hydrogen (secondary N) is 1. The molecular formula is C24H27N3O3. The number of benzene rings is 2. The average Bonchev–Trinajstić information content (AvgIpc) is 2.65. The predicted molar refractivity (Wildman–Crippen MR) is 118 cm³/mol. The number of aromatic nitrogens is 1. The number of nitrogens with two attached hydrogens (primary N) is 1. The summed E-state index contributed by atoms with van der Waals surface area (Å²) in [5.74, 6) is 0.111. The second-order valence-electron chi connectivity index (χ2n) is 8.43. The van der Waals surface area contributed by atoms with E-state index in [1.165, 1.54) is 0 Å². The van der Waals surface area contributed by atoms with E-state index in [1.807, 2.05) is 76.2 Å². The molecule has 0 radical (unpaired) electrons. The van der Waals surface area contributed by atoms with Gasteiger partial charge in [-0.25, -0.2) is 4.98 Å². The maximum absolute atomic E-state index is 11.9. The van der Waals surface area contributed by atoms with E-state index in [0.717, 1.165) is 33.3 Å². The van der Waals surface area contributed by atoms with Crippen molar-refractivity contribution >= 4 is 22.7 Å². The second kappa shape index (κ2) is 8.53. The van der Waals surface area contributed by atoms with Crippen LogP contribution in [-0.2, 0) is 16.0 Å². The Bertz CT molecular complexity index is 1080. The van der Waals surface area contributed by atoms with Crippen LogP contribution in [0.5, 0.6) is 5.75 Å². The zero-order chi connectivity index (χ0) is 21.9. The molecule has 0 fully saturated rings. The Morgan fingerprint density at radius 3 is 2.40 bits per heavy atom. The summed E-state index contributed by atoms with van der Waals surface area (Å²) in [5.41, 5.74) is 9.62. The lowest BCUT2D eigenvalue weighted by Crippen LogP contribution is -2.43. The molecule has 0 bridgehead atoms. The van der Waals surface area contributed by atoms with Gasteiger partial charge >= 0.3 is 0 Å². The van der Waals surface area contributed by atoms with E-state index >= 15 is 0 Å². The minimum absolute atomic E-state index is 0.0302. The third-order valence-electron chi connectivity index (χ3n) is 4.49. The highest BCUT2D eigenvalue weighted by Gasteiger charge is 2.14. The number of hydrogen-bond acceptors (Lipinski definition) is 4. The van der Waals surface area contributed by atoms with Crippen molar-refractivity contribution in [2.24, 2.45) is 5.73 Å². The molecule has 0 atom stereocenters.